The molecule has 0 spiro atoms. The summed E-state index contributed by atoms with van der Waals surface area (Å²) >= 11 is 0. The third-order valence-corrected chi connectivity index (χ3v) is 2.19. The molecule has 0 fully saturated rings. The standard InChI is InChI=1S/C11H17NO2Si.ClH/c1-8(15)14-11(13)10(12)7-9-5-3-2-4-6-9;/h2-6,8,10H,7,12H2,1,15H3;1H. The second kappa shape index (κ2) is 7.43. The molecular weight excluding hydrogens is 242 g/mol. The molecule has 3 nitrogen and oxygen atoms in total. The van der Waals surface area contributed by atoms with Crippen molar-refractivity contribution in [3.05, 3.63) is 35.9 Å². The van der Waals surface area contributed by atoms with Crippen molar-refractivity contribution >= 4 is 28.6 Å². The lowest BCUT2D eigenvalue weighted by Gasteiger charge is -2.13. The summed E-state index contributed by atoms with van der Waals surface area (Å²) < 4.78 is 5.08. The monoisotopic (exact) mass is 259 g/mol. The van der Waals surface area contributed by atoms with Crippen LogP contribution < -0.4 is 5.73 Å². The van der Waals surface area contributed by atoms with Crippen LogP contribution in [0.15, 0.2) is 30.3 Å². The Kier molecular flexibility index (Phi) is 7.04. The molecule has 2 N–H and O–H groups in total. The Hall–Kier alpha value is -0.843. The molecular formula is C11H18ClNO2Si. The fraction of sp³-hybridized carbons (Fsp3) is 0.364. The molecule has 5 heteroatoms. The zero-order chi connectivity index (χ0) is 11.3. The summed E-state index contributed by atoms with van der Waals surface area (Å²) in [5, 5.41) is 0. The third-order valence-electron chi connectivity index (χ3n) is 1.95. The van der Waals surface area contributed by atoms with Crippen molar-refractivity contribution in [3.8, 4) is 0 Å². The minimum Gasteiger partial charge on any atom is -0.466 e. The molecule has 0 heterocycles. The van der Waals surface area contributed by atoms with Gasteiger partial charge in [-0.15, -0.1) is 12.4 Å². The summed E-state index contributed by atoms with van der Waals surface area (Å²) in [5.74, 6) is -0.304. The number of carbonyl (C=O) groups is 1. The number of ether oxygens (including phenoxy) is 1. The van der Waals surface area contributed by atoms with E-state index in [0.717, 1.165) is 15.8 Å². The van der Waals surface area contributed by atoms with Crippen LogP contribution >= 0.6 is 12.4 Å². The number of hydrogen-bond donors (Lipinski definition) is 1. The molecule has 90 valence electrons. The summed E-state index contributed by atoms with van der Waals surface area (Å²) in [6.07, 6.45) is 0.536. The number of esters is 1. The molecule has 0 amide bonds. The van der Waals surface area contributed by atoms with Gasteiger partial charge in [0.2, 0.25) is 0 Å². The van der Waals surface area contributed by atoms with Crippen molar-refractivity contribution in [2.24, 2.45) is 5.73 Å². The van der Waals surface area contributed by atoms with Crippen LogP contribution in [0, 0.1) is 0 Å². The quantitative estimate of drug-likeness (QED) is 0.622. The number of nitrogens with two attached hydrogens (primary N) is 1. The lowest BCUT2D eigenvalue weighted by atomic mass is 10.1. The SMILES string of the molecule is CC([SiH3])OC(=O)C(N)Cc1ccccc1.Cl. The van der Waals surface area contributed by atoms with E-state index >= 15 is 0 Å². The van der Waals surface area contributed by atoms with E-state index in [1.54, 1.807) is 0 Å². The molecule has 0 saturated heterocycles. The first-order chi connectivity index (χ1) is 7.09. The zero-order valence-electron chi connectivity index (χ0n) is 9.55. The van der Waals surface area contributed by atoms with Crippen LogP contribution in [-0.4, -0.2) is 28.0 Å². The number of benzene rings is 1. The van der Waals surface area contributed by atoms with Crippen molar-refractivity contribution in [1.82, 2.24) is 0 Å². The molecule has 0 saturated carbocycles. The average molecular weight is 260 g/mol. The summed E-state index contributed by atoms with van der Waals surface area (Å²) in [5.41, 5.74) is 6.82. The molecule has 1 rings (SSSR count). The largest absolute Gasteiger partial charge is 0.466 e. The lowest BCUT2D eigenvalue weighted by Crippen LogP contribution is -2.36. The maximum atomic E-state index is 11.4. The third kappa shape index (κ3) is 5.30. The van der Waals surface area contributed by atoms with Crippen LogP contribution in [0.1, 0.15) is 12.5 Å². The molecule has 0 radical (unpaired) electrons. The molecule has 2 atom stereocenters. The summed E-state index contributed by atoms with van der Waals surface area (Å²) in [6, 6.07) is 9.16. The molecule has 0 aliphatic carbocycles. The van der Waals surface area contributed by atoms with E-state index in [-0.39, 0.29) is 24.1 Å². The molecule has 0 aromatic heterocycles. The normalized spacial score (nSPS) is 13.6. The fourth-order valence-electron chi connectivity index (χ4n) is 1.27. The highest BCUT2D eigenvalue weighted by molar-refractivity contribution is 6.11. The first-order valence-electron chi connectivity index (χ1n) is 5.09. The maximum Gasteiger partial charge on any atom is 0.323 e. The molecule has 0 aliphatic heterocycles. The first kappa shape index (κ1) is 15.2. The average Bonchev–Trinajstić information content (AvgIpc) is 2.18. The van der Waals surface area contributed by atoms with E-state index in [1.165, 1.54) is 0 Å². The Morgan fingerprint density at radius 1 is 1.44 bits per heavy atom. The van der Waals surface area contributed by atoms with Gasteiger partial charge in [-0.1, -0.05) is 30.3 Å². The van der Waals surface area contributed by atoms with E-state index in [4.69, 9.17) is 10.5 Å². The van der Waals surface area contributed by atoms with Crippen LogP contribution in [0.3, 0.4) is 0 Å². The first-order valence-corrected chi connectivity index (χ1v) is 6.25. The number of halogens is 1. The molecule has 1 aromatic rings. The van der Waals surface area contributed by atoms with Crippen LogP contribution in [0.4, 0.5) is 0 Å². The van der Waals surface area contributed by atoms with Gasteiger partial charge >= 0.3 is 5.97 Å². The summed E-state index contributed by atoms with van der Waals surface area (Å²) in [7, 11) is 0.837. The summed E-state index contributed by atoms with van der Waals surface area (Å²) in [6.45, 7) is 1.87. The van der Waals surface area contributed by atoms with Gasteiger partial charge in [-0.3, -0.25) is 4.79 Å². The van der Waals surface area contributed by atoms with E-state index in [0.29, 0.717) is 6.42 Å². The minimum absolute atomic E-state index is 0. The van der Waals surface area contributed by atoms with Gasteiger partial charge in [0.05, 0.1) is 16.0 Å². The Labute approximate surface area is 105 Å². The predicted molar refractivity (Wildman–Crippen MR) is 70.9 cm³/mol. The minimum atomic E-state index is -0.552. The van der Waals surface area contributed by atoms with Gasteiger partial charge in [0, 0.05) is 0 Å². The second-order valence-corrected chi connectivity index (χ2v) is 5.41. The van der Waals surface area contributed by atoms with E-state index in [9.17, 15) is 4.79 Å². The van der Waals surface area contributed by atoms with E-state index < -0.39 is 6.04 Å². The highest BCUT2D eigenvalue weighted by Gasteiger charge is 2.16. The zero-order valence-corrected chi connectivity index (χ0v) is 12.4. The van der Waals surface area contributed by atoms with Gasteiger partial charge in [0.25, 0.3) is 0 Å². The van der Waals surface area contributed by atoms with Gasteiger partial charge < -0.3 is 10.5 Å². The van der Waals surface area contributed by atoms with Crippen LogP contribution in [0.5, 0.6) is 0 Å². The van der Waals surface area contributed by atoms with Gasteiger partial charge in [0.15, 0.2) is 0 Å². The molecule has 1 aromatic carbocycles. The number of rotatable bonds is 4. The van der Waals surface area contributed by atoms with Crippen LogP contribution in [0.25, 0.3) is 0 Å². The lowest BCUT2D eigenvalue weighted by molar-refractivity contribution is -0.146. The van der Waals surface area contributed by atoms with Crippen LogP contribution in [0.2, 0.25) is 0 Å². The Bertz CT molecular complexity index is 319. The van der Waals surface area contributed by atoms with Crippen molar-refractivity contribution in [3.63, 3.8) is 0 Å². The van der Waals surface area contributed by atoms with Crippen molar-refractivity contribution in [2.45, 2.75) is 25.1 Å². The summed E-state index contributed by atoms with van der Waals surface area (Å²) in [4.78, 5) is 11.4. The number of carbonyl (C=O) groups excluding carboxylic acids is 1. The predicted octanol–water partition coefficient (Wildman–Crippen LogP) is 0.233. The van der Waals surface area contributed by atoms with Crippen molar-refractivity contribution in [2.75, 3.05) is 0 Å². The number of hydrogen-bond acceptors (Lipinski definition) is 3. The maximum absolute atomic E-state index is 11.4. The highest BCUT2D eigenvalue weighted by atomic mass is 35.5. The topological polar surface area (TPSA) is 52.3 Å². The van der Waals surface area contributed by atoms with Gasteiger partial charge in [-0.05, 0) is 18.9 Å². The van der Waals surface area contributed by atoms with Crippen molar-refractivity contribution < 1.29 is 9.53 Å². The molecule has 0 bridgehead atoms. The molecule has 16 heavy (non-hydrogen) atoms. The fourth-order valence-corrected chi connectivity index (χ4v) is 1.50. The highest BCUT2D eigenvalue weighted by Crippen LogP contribution is 2.03. The van der Waals surface area contributed by atoms with Gasteiger partial charge in [0.1, 0.15) is 6.04 Å². The smallest absolute Gasteiger partial charge is 0.323 e. The van der Waals surface area contributed by atoms with Crippen molar-refractivity contribution in [1.29, 1.82) is 0 Å². The second-order valence-electron chi connectivity index (χ2n) is 3.78. The Morgan fingerprint density at radius 2 is 2.00 bits per heavy atom. The van der Waals surface area contributed by atoms with E-state index in [1.807, 2.05) is 37.3 Å². The molecule has 0 aliphatic rings. The Morgan fingerprint density at radius 3 is 2.50 bits per heavy atom. The van der Waals surface area contributed by atoms with Crippen LogP contribution in [-0.2, 0) is 16.0 Å². The van der Waals surface area contributed by atoms with Gasteiger partial charge in [-0.25, -0.2) is 0 Å². The van der Waals surface area contributed by atoms with E-state index in [2.05, 4.69) is 0 Å². The van der Waals surface area contributed by atoms with Gasteiger partial charge in [-0.2, -0.15) is 0 Å². The molecule has 2 unspecified atom stereocenters. The Balaban J connectivity index is 0.00000225.